The lowest BCUT2D eigenvalue weighted by Crippen LogP contribution is -2.37. The minimum Gasteiger partial charge on any atom is -0.497 e. The van der Waals surface area contributed by atoms with Crippen molar-refractivity contribution in [2.75, 3.05) is 43.6 Å². The van der Waals surface area contributed by atoms with Gasteiger partial charge in [-0.2, -0.15) is 9.97 Å². The van der Waals surface area contributed by atoms with Gasteiger partial charge in [-0.1, -0.05) is 0 Å². The molecule has 0 bridgehead atoms. The van der Waals surface area contributed by atoms with Crippen LogP contribution in [0.5, 0.6) is 5.75 Å². The Kier molecular flexibility index (Phi) is 4.36. The van der Waals surface area contributed by atoms with E-state index in [4.69, 9.17) is 9.47 Å². The van der Waals surface area contributed by atoms with Crippen LogP contribution in [0.15, 0.2) is 30.6 Å². The number of aromatic nitrogens is 4. The van der Waals surface area contributed by atoms with Gasteiger partial charge in [-0.25, -0.2) is 4.98 Å². The first-order valence-electron chi connectivity index (χ1n) is 8.24. The Labute approximate surface area is 149 Å². The van der Waals surface area contributed by atoms with Crippen LogP contribution in [0.1, 0.15) is 10.4 Å². The molecule has 134 valence electrons. The number of nitrogens with zero attached hydrogens (tertiary/aromatic N) is 4. The number of carbonyl (C=O) groups is 1. The molecule has 1 saturated heterocycles. The first-order valence-corrected chi connectivity index (χ1v) is 8.24. The van der Waals surface area contributed by atoms with Crippen LogP contribution >= 0.6 is 0 Å². The maximum absolute atomic E-state index is 12.5. The van der Waals surface area contributed by atoms with Gasteiger partial charge in [0.15, 0.2) is 11.5 Å². The quantitative estimate of drug-likeness (QED) is 0.730. The molecule has 0 aliphatic carbocycles. The standard InChI is InChI=1S/C17H18N6O3/c1-25-12-4-2-11(3-5-12)16(24)22-17-20-14-13(18-10-19-14)15(21-17)23-6-8-26-9-7-23/h2-5,10H,6-9H2,1H3,(H2,18,19,20,21,22,24). The van der Waals surface area contributed by atoms with Gasteiger partial charge in [0, 0.05) is 18.7 Å². The Bertz CT molecular complexity index is 918. The molecule has 0 saturated carbocycles. The number of anilines is 2. The maximum atomic E-state index is 12.5. The number of ether oxygens (including phenoxy) is 2. The van der Waals surface area contributed by atoms with Gasteiger partial charge in [-0.05, 0) is 24.3 Å². The van der Waals surface area contributed by atoms with Crippen LogP contribution in [0.4, 0.5) is 11.8 Å². The number of amides is 1. The average molecular weight is 354 g/mol. The van der Waals surface area contributed by atoms with Crippen molar-refractivity contribution in [1.82, 2.24) is 19.9 Å². The summed E-state index contributed by atoms with van der Waals surface area (Å²) >= 11 is 0. The van der Waals surface area contributed by atoms with Crippen LogP contribution in [0.25, 0.3) is 11.2 Å². The van der Waals surface area contributed by atoms with Crippen LogP contribution in [0, 0.1) is 0 Å². The molecule has 4 rings (SSSR count). The Morgan fingerprint density at radius 2 is 2.00 bits per heavy atom. The largest absolute Gasteiger partial charge is 0.497 e. The van der Waals surface area contributed by atoms with Crippen LogP contribution in [0.2, 0.25) is 0 Å². The van der Waals surface area contributed by atoms with E-state index in [1.54, 1.807) is 37.7 Å². The third kappa shape index (κ3) is 3.16. The summed E-state index contributed by atoms with van der Waals surface area (Å²) in [6.45, 7) is 2.70. The number of hydrogen-bond donors (Lipinski definition) is 2. The summed E-state index contributed by atoms with van der Waals surface area (Å²) in [5.41, 5.74) is 1.74. The number of H-pyrrole nitrogens is 1. The molecule has 0 unspecified atom stereocenters. The summed E-state index contributed by atoms with van der Waals surface area (Å²) in [5.74, 6) is 1.31. The zero-order chi connectivity index (χ0) is 17.9. The van der Waals surface area contributed by atoms with Crippen molar-refractivity contribution in [2.24, 2.45) is 0 Å². The van der Waals surface area contributed by atoms with Crippen molar-refractivity contribution >= 4 is 28.8 Å². The van der Waals surface area contributed by atoms with Gasteiger partial charge >= 0.3 is 0 Å². The lowest BCUT2D eigenvalue weighted by atomic mass is 10.2. The van der Waals surface area contributed by atoms with E-state index in [0.717, 1.165) is 18.6 Å². The molecule has 26 heavy (non-hydrogen) atoms. The second-order valence-corrected chi connectivity index (χ2v) is 5.75. The second kappa shape index (κ2) is 6.96. The summed E-state index contributed by atoms with van der Waals surface area (Å²) in [5, 5.41) is 2.74. The van der Waals surface area contributed by atoms with E-state index < -0.39 is 0 Å². The van der Waals surface area contributed by atoms with Crippen molar-refractivity contribution in [1.29, 1.82) is 0 Å². The van der Waals surface area contributed by atoms with Crippen molar-refractivity contribution in [3.05, 3.63) is 36.2 Å². The van der Waals surface area contributed by atoms with Crippen LogP contribution < -0.4 is 15.0 Å². The number of fused-ring (bicyclic) bond motifs is 1. The highest BCUT2D eigenvalue weighted by Gasteiger charge is 2.19. The Hall–Kier alpha value is -3.20. The smallest absolute Gasteiger partial charge is 0.258 e. The number of morpholine rings is 1. The fourth-order valence-corrected chi connectivity index (χ4v) is 2.79. The molecule has 2 N–H and O–H groups in total. The maximum Gasteiger partial charge on any atom is 0.258 e. The summed E-state index contributed by atoms with van der Waals surface area (Å²) in [7, 11) is 1.58. The van der Waals surface area contributed by atoms with Gasteiger partial charge in [0.2, 0.25) is 5.95 Å². The molecule has 0 radical (unpaired) electrons. The molecule has 1 amide bonds. The number of imidazole rings is 1. The fraction of sp³-hybridized carbons (Fsp3) is 0.294. The molecule has 2 aromatic heterocycles. The topological polar surface area (TPSA) is 105 Å². The number of hydrogen-bond acceptors (Lipinski definition) is 7. The van der Waals surface area contributed by atoms with E-state index in [0.29, 0.717) is 36.0 Å². The number of methoxy groups -OCH3 is 1. The van der Waals surface area contributed by atoms with Gasteiger partial charge in [0.25, 0.3) is 5.91 Å². The Morgan fingerprint density at radius 3 is 2.73 bits per heavy atom. The minimum absolute atomic E-state index is 0.215. The molecular weight excluding hydrogens is 336 g/mol. The second-order valence-electron chi connectivity index (χ2n) is 5.75. The number of nitrogens with one attached hydrogen (secondary N) is 2. The van der Waals surface area contributed by atoms with Crippen molar-refractivity contribution < 1.29 is 14.3 Å². The fourth-order valence-electron chi connectivity index (χ4n) is 2.79. The zero-order valence-corrected chi connectivity index (χ0v) is 14.2. The van der Waals surface area contributed by atoms with Gasteiger partial charge in [0.1, 0.15) is 11.3 Å². The number of carbonyl (C=O) groups excluding carboxylic acids is 1. The van der Waals surface area contributed by atoms with E-state index in [-0.39, 0.29) is 11.9 Å². The van der Waals surface area contributed by atoms with Gasteiger partial charge < -0.3 is 19.4 Å². The Balaban J connectivity index is 1.62. The number of benzene rings is 1. The van der Waals surface area contributed by atoms with E-state index in [9.17, 15) is 4.79 Å². The molecule has 3 heterocycles. The van der Waals surface area contributed by atoms with Crippen molar-refractivity contribution in [3.63, 3.8) is 0 Å². The number of rotatable bonds is 4. The summed E-state index contributed by atoms with van der Waals surface area (Å²) in [6.07, 6.45) is 1.57. The molecule has 0 atom stereocenters. The normalized spacial score (nSPS) is 14.4. The van der Waals surface area contributed by atoms with Crippen LogP contribution in [-0.2, 0) is 4.74 Å². The van der Waals surface area contributed by atoms with E-state index >= 15 is 0 Å². The molecule has 3 aromatic rings. The van der Waals surface area contributed by atoms with E-state index in [2.05, 4.69) is 30.2 Å². The van der Waals surface area contributed by atoms with E-state index in [1.165, 1.54) is 0 Å². The number of aromatic amines is 1. The highest BCUT2D eigenvalue weighted by Crippen LogP contribution is 2.23. The molecule has 1 aliphatic rings. The van der Waals surface area contributed by atoms with Crippen LogP contribution in [-0.4, -0.2) is 59.3 Å². The predicted molar refractivity (Wildman–Crippen MR) is 95.7 cm³/mol. The SMILES string of the molecule is COc1ccc(C(=O)Nc2nc(N3CCOCC3)c3[nH]cnc3n2)cc1. The molecule has 9 nitrogen and oxygen atoms in total. The highest BCUT2D eigenvalue weighted by molar-refractivity contribution is 6.04. The lowest BCUT2D eigenvalue weighted by molar-refractivity contribution is 0.102. The summed E-state index contributed by atoms with van der Waals surface area (Å²) in [4.78, 5) is 30.7. The predicted octanol–water partition coefficient (Wildman–Crippen LogP) is 1.45. The molecule has 1 fully saturated rings. The minimum atomic E-state index is -0.296. The lowest BCUT2D eigenvalue weighted by Gasteiger charge is -2.28. The molecule has 0 spiro atoms. The average Bonchev–Trinajstić information content (AvgIpc) is 3.16. The van der Waals surface area contributed by atoms with Gasteiger partial charge in [-0.3, -0.25) is 10.1 Å². The van der Waals surface area contributed by atoms with Crippen LogP contribution in [0.3, 0.4) is 0 Å². The molecule has 1 aromatic carbocycles. The van der Waals surface area contributed by atoms with Gasteiger partial charge in [-0.15, -0.1) is 0 Å². The third-order valence-electron chi connectivity index (χ3n) is 4.15. The molecule has 9 heteroatoms. The Morgan fingerprint density at radius 1 is 1.23 bits per heavy atom. The van der Waals surface area contributed by atoms with Crippen molar-refractivity contribution in [3.8, 4) is 5.75 Å². The van der Waals surface area contributed by atoms with E-state index in [1.807, 2.05) is 0 Å². The summed E-state index contributed by atoms with van der Waals surface area (Å²) in [6, 6.07) is 6.83. The monoisotopic (exact) mass is 354 g/mol. The third-order valence-corrected chi connectivity index (χ3v) is 4.15. The first kappa shape index (κ1) is 16.3. The van der Waals surface area contributed by atoms with Crippen molar-refractivity contribution in [2.45, 2.75) is 0 Å². The summed E-state index contributed by atoms with van der Waals surface area (Å²) < 4.78 is 10.5. The van der Waals surface area contributed by atoms with Gasteiger partial charge in [0.05, 0.1) is 26.7 Å². The highest BCUT2D eigenvalue weighted by atomic mass is 16.5. The molecular formula is C17H18N6O3. The molecule has 1 aliphatic heterocycles. The zero-order valence-electron chi connectivity index (χ0n) is 14.2. The first-order chi connectivity index (χ1) is 12.7.